The van der Waals surface area contributed by atoms with Crippen LogP contribution in [0, 0.1) is 5.95 Å². The summed E-state index contributed by atoms with van der Waals surface area (Å²) in [7, 11) is 0. The summed E-state index contributed by atoms with van der Waals surface area (Å²) in [6, 6.07) is 12.7. The molecule has 0 N–H and O–H groups in total. The van der Waals surface area contributed by atoms with E-state index in [4.69, 9.17) is 4.74 Å². The lowest BCUT2D eigenvalue weighted by Crippen LogP contribution is -1.98. The molecule has 0 atom stereocenters. The van der Waals surface area contributed by atoms with Crippen LogP contribution in [0.4, 0.5) is 4.39 Å². The average Bonchev–Trinajstić information content (AvgIpc) is 2.47. The second-order valence-corrected chi connectivity index (χ2v) is 4.10. The summed E-state index contributed by atoms with van der Waals surface area (Å²) in [6.45, 7) is 0.377. The van der Waals surface area contributed by atoms with Crippen LogP contribution in [0.25, 0.3) is 10.9 Å². The number of hydrogen-bond acceptors (Lipinski definition) is 3. The molecule has 0 radical (unpaired) electrons. The monoisotopic (exact) mass is 254 g/mol. The van der Waals surface area contributed by atoms with Gasteiger partial charge in [0.1, 0.15) is 12.4 Å². The van der Waals surface area contributed by atoms with Gasteiger partial charge in [0.2, 0.25) is 5.95 Å². The number of rotatable bonds is 3. The first kappa shape index (κ1) is 11.6. The van der Waals surface area contributed by atoms with Crippen LogP contribution < -0.4 is 4.74 Å². The highest BCUT2D eigenvalue weighted by Gasteiger charge is 2.03. The average molecular weight is 254 g/mol. The van der Waals surface area contributed by atoms with Crippen LogP contribution in [0.1, 0.15) is 5.56 Å². The summed E-state index contributed by atoms with van der Waals surface area (Å²) in [5.41, 5.74) is 1.91. The molecule has 0 aliphatic rings. The van der Waals surface area contributed by atoms with E-state index in [1.807, 2.05) is 30.3 Å². The van der Waals surface area contributed by atoms with Crippen molar-refractivity contribution in [2.24, 2.45) is 0 Å². The number of benzene rings is 1. The Kier molecular flexibility index (Phi) is 3.06. The van der Waals surface area contributed by atoms with Crippen molar-refractivity contribution in [3.8, 4) is 5.75 Å². The van der Waals surface area contributed by atoms with E-state index < -0.39 is 5.95 Å². The lowest BCUT2D eigenvalue weighted by molar-refractivity contribution is 0.305. The fourth-order valence-corrected chi connectivity index (χ4v) is 1.89. The van der Waals surface area contributed by atoms with Crippen LogP contribution in [-0.2, 0) is 6.61 Å². The van der Waals surface area contributed by atoms with E-state index in [0.29, 0.717) is 12.4 Å². The first-order chi connectivity index (χ1) is 9.33. The van der Waals surface area contributed by atoms with Crippen molar-refractivity contribution in [2.75, 3.05) is 0 Å². The van der Waals surface area contributed by atoms with E-state index >= 15 is 0 Å². The standard InChI is InChI=1S/C15H11FN2O/c16-14-7-6-13(9-18-14)19-10-12-4-1-3-11-5-2-8-17-15(11)12/h1-9H,10H2. The second-order valence-electron chi connectivity index (χ2n) is 4.10. The zero-order valence-corrected chi connectivity index (χ0v) is 10.1. The zero-order chi connectivity index (χ0) is 13.1. The molecule has 0 saturated carbocycles. The Labute approximate surface area is 109 Å². The number of nitrogens with zero attached hydrogens (tertiary/aromatic N) is 2. The molecule has 1 aromatic carbocycles. The van der Waals surface area contributed by atoms with Gasteiger partial charge in [-0.1, -0.05) is 24.3 Å². The van der Waals surface area contributed by atoms with Crippen molar-refractivity contribution in [1.82, 2.24) is 9.97 Å². The van der Waals surface area contributed by atoms with Crippen molar-refractivity contribution in [1.29, 1.82) is 0 Å². The Balaban J connectivity index is 1.84. The topological polar surface area (TPSA) is 35.0 Å². The highest BCUT2D eigenvalue weighted by molar-refractivity contribution is 5.81. The normalized spacial score (nSPS) is 10.6. The summed E-state index contributed by atoms with van der Waals surface area (Å²) in [5, 5.41) is 1.07. The van der Waals surface area contributed by atoms with Crippen molar-refractivity contribution in [3.05, 3.63) is 66.4 Å². The third-order valence-corrected chi connectivity index (χ3v) is 2.81. The zero-order valence-electron chi connectivity index (χ0n) is 10.1. The molecule has 4 heteroatoms. The summed E-state index contributed by atoms with van der Waals surface area (Å²) in [6.07, 6.45) is 3.12. The number of fused-ring (bicyclic) bond motifs is 1. The fraction of sp³-hybridized carbons (Fsp3) is 0.0667. The van der Waals surface area contributed by atoms with Gasteiger partial charge in [-0.05, 0) is 18.2 Å². The molecular formula is C15H11FN2O. The molecule has 0 aliphatic heterocycles. The number of para-hydroxylation sites is 1. The van der Waals surface area contributed by atoms with E-state index in [2.05, 4.69) is 9.97 Å². The number of pyridine rings is 2. The van der Waals surface area contributed by atoms with Gasteiger partial charge in [-0.25, -0.2) is 4.98 Å². The molecule has 2 heterocycles. The van der Waals surface area contributed by atoms with Gasteiger partial charge >= 0.3 is 0 Å². The van der Waals surface area contributed by atoms with E-state index in [1.54, 1.807) is 12.3 Å². The molecule has 0 unspecified atom stereocenters. The Bertz CT molecular complexity index is 693. The molecule has 2 aromatic heterocycles. The van der Waals surface area contributed by atoms with Gasteiger partial charge in [0.25, 0.3) is 0 Å². The molecule has 3 nitrogen and oxygen atoms in total. The molecule has 94 valence electrons. The minimum absolute atomic E-state index is 0.377. The minimum Gasteiger partial charge on any atom is -0.487 e. The van der Waals surface area contributed by atoms with Crippen molar-refractivity contribution in [3.63, 3.8) is 0 Å². The van der Waals surface area contributed by atoms with E-state index in [1.165, 1.54) is 12.3 Å². The SMILES string of the molecule is Fc1ccc(OCc2cccc3cccnc23)cn1. The van der Waals surface area contributed by atoms with Crippen molar-refractivity contribution in [2.45, 2.75) is 6.61 Å². The van der Waals surface area contributed by atoms with Gasteiger partial charge in [0.15, 0.2) is 0 Å². The third-order valence-electron chi connectivity index (χ3n) is 2.81. The van der Waals surface area contributed by atoms with Crippen molar-refractivity contribution < 1.29 is 9.13 Å². The molecule has 0 bridgehead atoms. The van der Waals surface area contributed by atoms with Crippen LogP contribution >= 0.6 is 0 Å². The highest BCUT2D eigenvalue weighted by atomic mass is 19.1. The van der Waals surface area contributed by atoms with Gasteiger partial charge < -0.3 is 4.74 Å². The minimum atomic E-state index is -0.515. The van der Waals surface area contributed by atoms with E-state index in [0.717, 1.165) is 16.5 Å². The number of aromatic nitrogens is 2. The van der Waals surface area contributed by atoms with Gasteiger partial charge in [0, 0.05) is 17.1 Å². The maximum absolute atomic E-state index is 12.7. The lowest BCUT2D eigenvalue weighted by atomic mass is 10.1. The van der Waals surface area contributed by atoms with E-state index in [-0.39, 0.29) is 0 Å². The summed E-state index contributed by atoms with van der Waals surface area (Å²) >= 11 is 0. The predicted octanol–water partition coefficient (Wildman–Crippen LogP) is 3.35. The number of halogens is 1. The molecule has 0 aliphatic carbocycles. The number of ether oxygens (including phenoxy) is 1. The van der Waals surface area contributed by atoms with Gasteiger partial charge in [-0.15, -0.1) is 0 Å². The van der Waals surface area contributed by atoms with Crippen LogP contribution in [0.3, 0.4) is 0 Å². The quantitative estimate of drug-likeness (QED) is 0.672. The van der Waals surface area contributed by atoms with Gasteiger partial charge in [-0.2, -0.15) is 4.39 Å². The molecule has 0 spiro atoms. The maximum atomic E-state index is 12.7. The van der Waals surface area contributed by atoms with Crippen LogP contribution in [0.2, 0.25) is 0 Å². The van der Waals surface area contributed by atoms with Crippen LogP contribution in [0.15, 0.2) is 54.9 Å². The molecule has 3 aromatic rings. The summed E-state index contributed by atoms with van der Waals surface area (Å²) < 4.78 is 18.3. The smallest absolute Gasteiger partial charge is 0.213 e. The molecule has 0 fully saturated rings. The summed E-state index contributed by atoms with van der Waals surface area (Å²) in [5.74, 6) is 0.0218. The first-order valence-electron chi connectivity index (χ1n) is 5.90. The lowest BCUT2D eigenvalue weighted by Gasteiger charge is -2.07. The molecule has 19 heavy (non-hydrogen) atoms. The largest absolute Gasteiger partial charge is 0.487 e. The third kappa shape index (κ3) is 2.52. The second kappa shape index (κ2) is 5.02. The first-order valence-corrected chi connectivity index (χ1v) is 5.90. The number of hydrogen-bond donors (Lipinski definition) is 0. The van der Waals surface area contributed by atoms with Gasteiger partial charge in [-0.3, -0.25) is 4.98 Å². The van der Waals surface area contributed by atoms with E-state index in [9.17, 15) is 4.39 Å². The Morgan fingerprint density at radius 3 is 2.74 bits per heavy atom. The highest BCUT2D eigenvalue weighted by Crippen LogP contribution is 2.18. The Hall–Kier alpha value is -2.49. The maximum Gasteiger partial charge on any atom is 0.213 e. The van der Waals surface area contributed by atoms with Crippen LogP contribution in [-0.4, -0.2) is 9.97 Å². The fourth-order valence-electron chi connectivity index (χ4n) is 1.89. The van der Waals surface area contributed by atoms with Crippen molar-refractivity contribution >= 4 is 10.9 Å². The predicted molar refractivity (Wildman–Crippen MR) is 70.3 cm³/mol. The molecule has 3 rings (SSSR count). The Morgan fingerprint density at radius 1 is 1.00 bits per heavy atom. The Morgan fingerprint density at radius 2 is 1.89 bits per heavy atom. The summed E-state index contributed by atoms with van der Waals surface area (Å²) in [4.78, 5) is 7.90. The van der Waals surface area contributed by atoms with Gasteiger partial charge in [0.05, 0.1) is 11.7 Å². The van der Waals surface area contributed by atoms with Crippen LogP contribution in [0.5, 0.6) is 5.75 Å². The molecule has 0 saturated heterocycles. The molecular weight excluding hydrogens is 243 g/mol. The molecule has 0 amide bonds.